The third-order valence-corrected chi connectivity index (χ3v) is 3.80. The van der Waals surface area contributed by atoms with E-state index in [1.54, 1.807) is 0 Å². The van der Waals surface area contributed by atoms with Gasteiger partial charge in [0.1, 0.15) is 10.6 Å². The summed E-state index contributed by atoms with van der Waals surface area (Å²) in [6, 6.07) is 1.52. The lowest BCUT2D eigenvalue weighted by Gasteiger charge is -2.11. The van der Waals surface area contributed by atoms with Gasteiger partial charge in [0, 0.05) is 12.7 Å². The van der Waals surface area contributed by atoms with Crippen molar-refractivity contribution < 1.29 is 13.2 Å². The van der Waals surface area contributed by atoms with E-state index in [9.17, 15) is 8.42 Å². The first kappa shape index (κ1) is 14.9. The molecule has 1 rings (SSSR count). The van der Waals surface area contributed by atoms with Gasteiger partial charge < -0.3 is 9.64 Å². The molecule has 1 N–H and O–H groups in total. The molecule has 7 heteroatoms. The number of sulfonamides is 1. The Hall–Kier alpha value is -1.18. The number of ether oxygens (including phenoxy) is 1. The van der Waals surface area contributed by atoms with Gasteiger partial charge in [-0.2, -0.15) is 0 Å². The zero-order chi connectivity index (χ0) is 13.6. The standard InChI is InChI=1S/C11H19N3O3S/c1-14(2)8-4-6-13-18(15,16)11-9-12-7-5-10(11)17-3/h5,7,9,13H,4,6,8H2,1-3H3. The summed E-state index contributed by atoms with van der Waals surface area (Å²) in [5.74, 6) is 0.296. The summed E-state index contributed by atoms with van der Waals surface area (Å²) in [4.78, 5) is 5.87. The zero-order valence-corrected chi connectivity index (χ0v) is 11.7. The predicted molar refractivity (Wildman–Crippen MR) is 69.1 cm³/mol. The predicted octanol–water partition coefficient (Wildman–Crippen LogP) is 0.320. The number of aromatic nitrogens is 1. The minimum atomic E-state index is -3.56. The Balaban J connectivity index is 2.68. The van der Waals surface area contributed by atoms with Gasteiger partial charge in [0.05, 0.1) is 13.3 Å². The molecule has 0 aliphatic carbocycles. The summed E-state index contributed by atoms with van der Waals surface area (Å²) in [6.45, 7) is 1.21. The number of pyridine rings is 1. The van der Waals surface area contributed by atoms with Crippen molar-refractivity contribution in [3.8, 4) is 5.75 Å². The van der Waals surface area contributed by atoms with Crippen LogP contribution in [0.1, 0.15) is 6.42 Å². The van der Waals surface area contributed by atoms with Gasteiger partial charge in [-0.15, -0.1) is 0 Å². The first-order valence-electron chi connectivity index (χ1n) is 5.60. The molecule has 0 saturated carbocycles. The maximum atomic E-state index is 12.0. The fourth-order valence-electron chi connectivity index (χ4n) is 1.42. The van der Waals surface area contributed by atoms with Gasteiger partial charge in [0.25, 0.3) is 0 Å². The van der Waals surface area contributed by atoms with E-state index in [4.69, 9.17) is 4.74 Å². The summed E-state index contributed by atoms with van der Waals surface area (Å²) in [7, 11) is 1.76. The molecule has 6 nitrogen and oxygen atoms in total. The highest BCUT2D eigenvalue weighted by molar-refractivity contribution is 7.89. The van der Waals surface area contributed by atoms with Gasteiger partial charge in [-0.1, -0.05) is 0 Å². The van der Waals surface area contributed by atoms with Crippen LogP contribution < -0.4 is 9.46 Å². The molecule has 0 amide bonds. The fraction of sp³-hybridized carbons (Fsp3) is 0.545. The summed E-state index contributed by atoms with van der Waals surface area (Å²) in [5, 5.41) is 0. The monoisotopic (exact) mass is 273 g/mol. The fourth-order valence-corrected chi connectivity index (χ4v) is 2.60. The molecular formula is C11H19N3O3S. The van der Waals surface area contributed by atoms with E-state index in [0.29, 0.717) is 12.3 Å². The van der Waals surface area contributed by atoms with Gasteiger partial charge in [-0.3, -0.25) is 4.98 Å². The minimum absolute atomic E-state index is 0.0670. The second-order valence-corrected chi connectivity index (χ2v) is 5.82. The highest BCUT2D eigenvalue weighted by Gasteiger charge is 2.18. The molecule has 1 aromatic heterocycles. The normalized spacial score (nSPS) is 11.8. The van der Waals surface area contributed by atoms with Crippen molar-refractivity contribution in [2.24, 2.45) is 0 Å². The summed E-state index contributed by atoms with van der Waals surface area (Å²) in [5.41, 5.74) is 0. The van der Waals surface area contributed by atoms with Gasteiger partial charge >= 0.3 is 0 Å². The van der Waals surface area contributed by atoms with Crippen LogP contribution in [0.25, 0.3) is 0 Å². The van der Waals surface area contributed by atoms with Gasteiger partial charge in [0.2, 0.25) is 10.0 Å². The lowest BCUT2D eigenvalue weighted by Crippen LogP contribution is -2.27. The molecule has 1 heterocycles. The second-order valence-electron chi connectivity index (χ2n) is 4.08. The second kappa shape index (κ2) is 6.67. The lowest BCUT2D eigenvalue weighted by molar-refractivity contribution is 0.397. The topological polar surface area (TPSA) is 71.5 Å². The lowest BCUT2D eigenvalue weighted by atomic mass is 10.4. The van der Waals surface area contributed by atoms with Crippen LogP contribution in [0, 0.1) is 0 Å². The summed E-state index contributed by atoms with van der Waals surface area (Å²) < 4.78 is 31.6. The van der Waals surface area contributed by atoms with Crippen molar-refractivity contribution in [1.29, 1.82) is 0 Å². The molecule has 0 aliphatic heterocycles. The first-order chi connectivity index (χ1) is 8.47. The van der Waals surface area contributed by atoms with Gasteiger partial charge in [-0.25, -0.2) is 13.1 Å². The number of hydrogen-bond acceptors (Lipinski definition) is 5. The van der Waals surface area contributed by atoms with E-state index in [0.717, 1.165) is 13.0 Å². The van der Waals surface area contributed by atoms with Crippen LogP contribution in [0.2, 0.25) is 0 Å². The minimum Gasteiger partial charge on any atom is -0.495 e. The van der Waals surface area contributed by atoms with Crippen LogP contribution >= 0.6 is 0 Å². The number of nitrogens with one attached hydrogen (secondary N) is 1. The Morgan fingerprint density at radius 2 is 2.17 bits per heavy atom. The molecule has 102 valence electrons. The number of methoxy groups -OCH3 is 1. The Labute approximate surface area is 108 Å². The molecule has 0 spiro atoms. The first-order valence-corrected chi connectivity index (χ1v) is 7.08. The van der Waals surface area contributed by atoms with Crippen LogP contribution in [0.3, 0.4) is 0 Å². The van der Waals surface area contributed by atoms with Crippen molar-refractivity contribution in [1.82, 2.24) is 14.6 Å². The highest BCUT2D eigenvalue weighted by Crippen LogP contribution is 2.20. The molecule has 0 fully saturated rings. The third-order valence-electron chi connectivity index (χ3n) is 2.33. The number of hydrogen-bond donors (Lipinski definition) is 1. The van der Waals surface area contributed by atoms with Crippen molar-refractivity contribution >= 4 is 10.0 Å². The van der Waals surface area contributed by atoms with E-state index in [-0.39, 0.29) is 4.90 Å². The quantitative estimate of drug-likeness (QED) is 0.724. The zero-order valence-electron chi connectivity index (χ0n) is 10.9. The largest absolute Gasteiger partial charge is 0.495 e. The maximum absolute atomic E-state index is 12.0. The van der Waals surface area contributed by atoms with Crippen molar-refractivity contribution in [3.05, 3.63) is 18.5 Å². The van der Waals surface area contributed by atoms with Crippen molar-refractivity contribution in [2.45, 2.75) is 11.3 Å². The van der Waals surface area contributed by atoms with Crippen LogP contribution in [0.15, 0.2) is 23.4 Å². The SMILES string of the molecule is COc1ccncc1S(=O)(=O)NCCCN(C)C. The summed E-state index contributed by atoms with van der Waals surface area (Å²) in [6.07, 6.45) is 3.52. The van der Waals surface area contributed by atoms with E-state index >= 15 is 0 Å². The van der Waals surface area contributed by atoms with E-state index < -0.39 is 10.0 Å². The highest BCUT2D eigenvalue weighted by atomic mass is 32.2. The Bertz CT molecular complexity index is 474. The third kappa shape index (κ3) is 4.25. The molecule has 0 radical (unpaired) electrons. The Kier molecular flexibility index (Phi) is 5.52. The van der Waals surface area contributed by atoms with Crippen LogP contribution in [0.5, 0.6) is 5.75 Å². The van der Waals surface area contributed by atoms with E-state index in [1.807, 2.05) is 19.0 Å². The van der Waals surface area contributed by atoms with Gasteiger partial charge in [-0.05, 0) is 33.1 Å². The molecule has 0 aliphatic rings. The molecule has 0 bridgehead atoms. The molecule has 18 heavy (non-hydrogen) atoms. The van der Waals surface area contributed by atoms with Crippen LogP contribution in [-0.2, 0) is 10.0 Å². The molecule has 0 aromatic carbocycles. The van der Waals surface area contributed by atoms with Crippen molar-refractivity contribution in [2.75, 3.05) is 34.3 Å². The molecule has 0 saturated heterocycles. The summed E-state index contributed by atoms with van der Waals surface area (Å²) >= 11 is 0. The average molecular weight is 273 g/mol. The Morgan fingerprint density at radius 3 is 2.78 bits per heavy atom. The van der Waals surface area contributed by atoms with Crippen LogP contribution in [0.4, 0.5) is 0 Å². The van der Waals surface area contributed by atoms with E-state index in [1.165, 1.54) is 25.6 Å². The number of nitrogens with zero attached hydrogens (tertiary/aromatic N) is 2. The molecule has 0 atom stereocenters. The average Bonchev–Trinajstić information content (AvgIpc) is 2.34. The maximum Gasteiger partial charge on any atom is 0.245 e. The van der Waals surface area contributed by atoms with E-state index in [2.05, 4.69) is 9.71 Å². The number of rotatable bonds is 7. The molecule has 0 unspecified atom stereocenters. The Morgan fingerprint density at radius 1 is 1.44 bits per heavy atom. The molecule has 1 aromatic rings. The van der Waals surface area contributed by atoms with Crippen molar-refractivity contribution in [3.63, 3.8) is 0 Å². The van der Waals surface area contributed by atoms with Gasteiger partial charge in [0.15, 0.2) is 0 Å². The smallest absolute Gasteiger partial charge is 0.245 e. The molecular weight excluding hydrogens is 254 g/mol. The van der Waals surface area contributed by atoms with Crippen LogP contribution in [-0.4, -0.2) is 52.6 Å².